The van der Waals surface area contributed by atoms with Crippen molar-refractivity contribution >= 4 is 23.2 Å². The molecular weight excluding hydrogens is 181 g/mol. The van der Waals surface area contributed by atoms with Gasteiger partial charge in [0.15, 0.2) is 0 Å². The van der Waals surface area contributed by atoms with E-state index in [0.717, 1.165) is 15.6 Å². The normalized spacial score (nSPS) is 8.45. The Morgan fingerprint density at radius 2 is 1.73 bits per heavy atom. The average Bonchev–Trinajstić information content (AvgIpc) is 2.02. The lowest BCUT2D eigenvalue weighted by Gasteiger charge is -1.94. The number of halogens is 2. The molecule has 1 nitrogen and oxygen atoms in total. The van der Waals surface area contributed by atoms with Crippen molar-refractivity contribution in [3.63, 3.8) is 0 Å². The summed E-state index contributed by atoms with van der Waals surface area (Å²) in [5.41, 5.74) is 5.52. The first kappa shape index (κ1) is 10.8. The molecule has 1 rings (SSSR count). The second-order valence-electron chi connectivity index (χ2n) is 1.89. The highest BCUT2D eigenvalue weighted by atomic mass is 35.5. The lowest BCUT2D eigenvalue weighted by molar-refractivity contribution is 1.47. The van der Waals surface area contributed by atoms with Crippen LogP contribution in [-0.4, -0.2) is 7.05 Å². The summed E-state index contributed by atoms with van der Waals surface area (Å²) in [5, 5.41) is 1.50. The first-order valence-corrected chi connectivity index (χ1v) is 3.95. The molecule has 0 saturated carbocycles. The van der Waals surface area contributed by atoms with E-state index in [1.165, 1.54) is 7.05 Å². The van der Waals surface area contributed by atoms with Crippen LogP contribution in [0.5, 0.6) is 0 Å². The average molecular weight is 192 g/mol. The van der Waals surface area contributed by atoms with Gasteiger partial charge >= 0.3 is 0 Å². The van der Waals surface area contributed by atoms with Crippen LogP contribution in [0.3, 0.4) is 0 Å². The molecule has 0 aliphatic carbocycles. The summed E-state index contributed by atoms with van der Waals surface area (Å²) in [5.74, 6) is 0. The molecule has 0 saturated heterocycles. The van der Waals surface area contributed by atoms with Crippen molar-refractivity contribution in [1.82, 2.24) is 0 Å². The summed E-state index contributed by atoms with van der Waals surface area (Å²) in [6.45, 7) is 1.92. The van der Waals surface area contributed by atoms with Crippen molar-refractivity contribution in [3.05, 3.63) is 33.8 Å². The Kier molecular flexibility index (Phi) is 5.30. The van der Waals surface area contributed by atoms with Gasteiger partial charge in [-0.25, -0.2) is 0 Å². The van der Waals surface area contributed by atoms with Gasteiger partial charge in [-0.1, -0.05) is 23.2 Å². The summed E-state index contributed by atoms with van der Waals surface area (Å²) in [6.07, 6.45) is 0. The third-order valence-electron chi connectivity index (χ3n) is 1.12. The predicted molar refractivity (Wildman–Crippen MR) is 51.3 cm³/mol. The lowest BCUT2D eigenvalue weighted by atomic mass is 10.2. The molecule has 0 aromatic heterocycles. The van der Waals surface area contributed by atoms with Crippen LogP contribution < -0.4 is 5.73 Å². The van der Waals surface area contributed by atoms with Gasteiger partial charge in [-0.15, -0.1) is 0 Å². The highest BCUT2D eigenvalue weighted by Gasteiger charge is 1.92. The highest BCUT2D eigenvalue weighted by Crippen LogP contribution is 2.18. The van der Waals surface area contributed by atoms with Gasteiger partial charge in [0, 0.05) is 10.0 Å². The van der Waals surface area contributed by atoms with E-state index < -0.39 is 0 Å². The zero-order valence-electron chi connectivity index (χ0n) is 6.57. The standard InChI is InChI=1S/C7H6Cl2.CH5N/c1-5-4-6(8)2-3-7(5)9;1-2/h2-4H,1H3;2H2,1H3. The fourth-order valence-corrected chi connectivity index (χ4v) is 0.952. The van der Waals surface area contributed by atoms with Gasteiger partial charge in [0.25, 0.3) is 0 Å². The molecule has 0 aliphatic heterocycles. The predicted octanol–water partition coefficient (Wildman–Crippen LogP) is 2.88. The van der Waals surface area contributed by atoms with E-state index in [1.807, 2.05) is 13.0 Å². The molecule has 0 fully saturated rings. The Morgan fingerprint density at radius 3 is 2.09 bits per heavy atom. The largest absolute Gasteiger partial charge is 0.333 e. The molecule has 3 heteroatoms. The van der Waals surface area contributed by atoms with Crippen molar-refractivity contribution in [1.29, 1.82) is 0 Å². The van der Waals surface area contributed by atoms with Crippen LogP contribution in [0, 0.1) is 6.92 Å². The minimum Gasteiger partial charge on any atom is -0.333 e. The van der Waals surface area contributed by atoms with E-state index in [2.05, 4.69) is 5.73 Å². The summed E-state index contributed by atoms with van der Waals surface area (Å²) in [6, 6.07) is 5.40. The fraction of sp³-hybridized carbons (Fsp3) is 0.250. The van der Waals surface area contributed by atoms with E-state index in [0.29, 0.717) is 0 Å². The first-order chi connectivity index (χ1) is 5.20. The molecule has 0 aliphatic rings. The van der Waals surface area contributed by atoms with Gasteiger partial charge in [-0.3, -0.25) is 0 Å². The molecule has 0 unspecified atom stereocenters. The van der Waals surface area contributed by atoms with Crippen LogP contribution in [0.4, 0.5) is 0 Å². The van der Waals surface area contributed by atoms with Crippen LogP contribution in [0.1, 0.15) is 5.56 Å². The zero-order valence-corrected chi connectivity index (χ0v) is 8.08. The number of nitrogens with two attached hydrogens (primary N) is 1. The molecule has 0 amide bonds. The third-order valence-corrected chi connectivity index (χ3v) is 1.78. The topological polar surface area (TPSA) is 26.0 Å². The van der Waals surface area contributed by atoms with Crippen molar-refractivity contribution in [2.75, 3.05) is 7.05 Å². The Labute approximate surface area is 77.1 Å². The number of aryl methyl sites for hydroxylation is 1. The summed E-state index contributed by atoms with van der Waals surface area (Å²) in [4.78, 5) is 0. The second-order valence-corrected chi connectivity index (χ2v) is 2.74. The molecule has 1 aromatic carbocycles. The Morgan fingerprint density at radius 1 is 1.18 bits per heavy atom. The van der Waals surface area contributed by atoms with Crippen LogP contribution in [0.2, 0.25) is 10.0 Å². The molecule has 0 atom stereocenters. The number of hydrogen-bond acceptors (Lipinski definition) is 1. The Balaban J connectivity index is 0.000000461. The van der Waals surface area contributed by atoms with Gasteiger partial charge < -0.3 is 5.73 Å². The minimum absolute atomic E-state index is 0.733. The monoisotopic (exact) mass is 191 g/mol. The Hall–Kier alpha value is -0.240. The van der Waals surface area contributed by atoms with Gasteiger partial charge in [0.05, 0.1) is 0 Å². The number of benzene rings is 1. The molecule has 1 aromatic rings. The molecular formula is C8H11Cl2N. The highest BCUT2D eigenvalue weighted by molar-refractivity contribution is 6.33. The first-order valence-electron chi connectivity index (χ1n) is 3.19. The second kappa shape index (κ2) is 5.42. The smallest absolute Gasteiger partial charge is 0.0436 e. The molecule has 0 spiro atoms. The minimum atomic E-state index is 0.733. The molecule has 0 heterocycles. The van der Waals surface area contributed by atoms with Crippen LogP contribution in [0.15, 0.2) is 18.2 Å². The third kappa shape index (κ3) is 3.61. The van der Waals surface area contributed by atoms with E-state index in [-0.39, 0.29) is 0 Å². The maximum atomic E-state index is 5.72. The van der Waals surface area contributed by atoms with Crippen molar-refractivity contribution in [2.24, 2.45) is 5.73 Å². The zero-order chi connectivity index (χ0) is 8.85. The van der Waals surface area contributed by atoms with Gasteiger partial charge in [0.2, 0.25) is 0 Å². The van der Waals surface area contributed by atoms with E-state index >= 15 is 0 Å². The van der Waals surface area contributed by atoms with Crippen LogP contribution in [-0.2, 0) is 0 Å². The fourth-order valence-electron chi connectivity index (χ4n) is 0.608. The van der Waals surface area contributed by atoms with E-state index in [1.54, 1.807) is 12.1 Å². The Bertz CT molecular complexity index is 223. The molecule has 2 N–H and O–H groups in total. The van der Waals surface area contributed by atoms with Crippen molar-refractivity contribution in [2.45, 2.75) is 6.92 Å². The maximum Gasteiger partial charge on any atom is 0.0436 e. The van der Waals surface area contributed by atoms with E-state index in [9.17, 15) is 0 Å². The summed E-state index contributed by atoms with van der Waals surface area (Å²) in [7, 11) is 1.50. The van der Waals surface area contributed by atoms with Crippen LogP contribution >= 0.6 is 23.2 Å². The number of hydrogen-bond donors (Lipinski definition) is 1. The molecule has 11 heavy (non-hydrogen) atoms. The lowest BCUT2D eigenvalue weighted by Crippen LogP contribution is -1.72. The quantitative estimate of drug-likeness (QED) is 0.671. The maximum absolute atomic E-state index is 5.72. The van der Waals surface area contributed by atoms with Crippen molar-refractivity contribution < 1.29 is 0 Å². The number of rotatable bonds is 0. The van der Waals surface area contributed by atoms with E-state index in [4.69, 9.17) is 23.2 Å². The molecule has 0 bridgehead atoms. The van der Waals surface area contributed by atoms with Gasteiger partial charge in [-0.05, 0) is 37.7 Å². The summed E-state index contributed by atoms with van der Waals surface area (Å²) >= 11 is 11.4. The molecule has 62 valence electrons. The molecule has 0 radical (unpaired) electrons. The SMILES string of the molecule is CN.Cc1cc(Cl)ccc1Cl. The summed E-state index contributed by atoms with van der Waals surface area (Å²) < 4.78 is 0. The van der Waals surface area contributed by atoms with Crippen molar-refractivity contribution in [3.8, 4) is 0 Å². The van der Waals surface area contributed by atoms with Crippen LogP contribution in [0.25, 0.3) is 0 Å². The van der Waals surface area contributed by atoms with Gasteiger partial charge in [-0.2, -0.15) is 0 Å². The van der Waals surface area contributed by atoms with Gasteiger partial charge in [0.1, 0.15) is 0 Å².